The molecule has 6 heteroatoms. The summed E-state index contributed by atoms with van der Waals surface area (Å²) in [5.74, 6) is 2.81. The van der Waals surface area contributed by atoms with Gasteiger partial charge >= 0.3 is 0 Å². The molecule has 0 radical (unpaired) electrons. The zero-order valence-corrected chi connectivity index (χ0v) is 16.1. The minimum Gasteiger partial charge on any atom is -0.497 e. The lowest BCUT2D eigenvalue weighted by atomic mass is 10.3. The van der Waals surface area contributed by atoms with Gasteiger partial charge in [0.2, 0.25) is 5.91 Å². The van der Waals surface area contributed by atoms with Crippen LogP contribution < -0.4 is 14.8 Å². The number of nitrogens with one attached hydrogen (secondary N) is 1. The number of amides is 1. The summed E-state index contributed by atoms with van der Waals surface area (Å²) >= 11 is 0. The Morgan fingerprint density at radius 2 is 2.00 bits per heavy atom. The van der Waals surface area contributed by atoms with Crippen molar-refractivity contribution in [3.8, 4) is 11.5 Å². The van der Waals surface area contributed by atoms with Crippen molar-refractivity contribution in [1.29, 1.82) is 0 Å². The molecule has 0 atom stereocenters. The third-order valence-corrected chi connectivity index (χ3v) is 4.94. The molecule has 1 aliphatic rings. The highest BCUT2D eigenvalue weighted by Gasteiger charge is 2.29. The van der Waals surface area contributed by atoms with Crippen LogP contribution in [0.3, 0.4) is 0 Å². The van der Waals surface area contributed by atoms with Gasteiger partial charge in [0.25, 0.3) is 0 Å². The molecule has 6 nitrogen and oxygen atoms in total. The molecule has 1 fully saturated rings. The normalized spacial score (nSPS) is 13.5. The van der Waals surface area contributed by atoms with E-state index in [0.29, 0.717) is 13.2 Å². The lowest BCUT2D eigenvalue weighted by molar-refractivity contribution is -0.122. The molecular formula is C22H25N3O3. The van der Waals surface area contributed by atoms with Gasteiger partial charge in [-0.1, -0.05) is 18.2 Å². The number of methoxy groups -OCH3 is 1. The number of rotatable bonds is 9. The number of aromatic nitrogens is 2. The van der Waals surface area contributed by atoms with Crippen LogP contribution in [0.1, 0.15) is 25.1 Å². The van der Waals surface area contributed by atoms with Crippen LogP contribution in [0.25, 0.3) is 11.0 Å². The van der Waals surface area contributed by atoms with Crippen LogP contribution in [0.2, 0.25) is 0 Å². The maximum absolute atomic E-state index is 12.0. The first kappa shape index (κ1) is 18.3. The van der Waals surface area contributed by atoms with Crippen molar-refractivity contribution in [2.24, 2.45) is 5.92 Å². The summed E-state index contributed by atoms with van der Waals surface area (Å²) in [5, 5.41) is 3.02. The Hall–Kier alpha value is -3.02. The van der Waals surface area contributed by atoms with E-state index in [4.69, 9.17) is 14.5 Å². The van der Waals surface area contributed by atoms with E-state index in [1.165, 1.54) is 0 Å². The molecule has 0 saturated heterocycles. The van der Waals surface area contributed by atoms with Crippen LogP contribution in [-0.4, -0.2) is 29.2 Å². The third-order valence-electron chi connectivity index (χ3n) is 4.94. The van der Waals surface area contributed by atoms with Crippen LogP contribution in [0.15, 0.2) is 48.5 Å². The summed E-state index contributed by atoms with van der Waals surface area (Å²) < 4.78 is 13.3. The topological polar surface area (TPSA) is 65.4 Å². The molecule has 0 spiro atoms. The molecule has 4 rings (SSSR count). The maximum atomic E-state index is 12.0. The maximum Gasteiger partial charge on any atom is 0.223 e. The summed E-state index contributed by atoms with van der Waals surface area (Å²) in [4.78, 5) is 16.7. The number of imidazole rings is 1. The van der Waals surface area contributed by atoms with E-state index in [-0.39, 0.29) is 11.8 Å². The van der Waals surface area contributed by atoms with Gasteiger partial charge in [-0.3, -0.25) is 4.79 Å². The van der Waals surface area contributed by atoms with E-state index in [2.05, 4.69) is 16.0 Å². The molecule has 1 aliphatic carbocycles. The van der Waals surface area contributed by atoms with Crippen molar-refractivity contribution in [3.05, 3.63) is 54.4 Å². The van der Waals surface area contributed by atoms with E-state index >= 15 is 0 Å². The second-order valence-corrected chi connectivity index (χ2v) is 7.04. The summed E-state index contributed by atoms with van der Waals surface area (Å²) in [6.07, 6.45) is 2.84. The van der Waals surface area contributed by atoms with E-state index in [0.717, 1.165) is 54.2 Å². The average molecular weight is 379 g/mol. The molecule has 1 N–H and O–H groups in total. The third kappa shape index (κ3) is 4.27. The number of fused-ring (bicyclic) bond motifs is 1. The Balaban J connectivity index is 1.39. The summed E-state index contributed by atoms with van der Waals surface area (Å²) in [5.41, 5.74) is 2.03. The highest BCUT2D eigenvalue weighted by molar-refractivity contribution is 5.81. The standard InChI is InChI=1S/C22H25N3O3/c1-27-17-6-4-7-18(14-17)28-13-5-12-25-20-9-3-2-8-19(20)24-21(25)15-23-22(26)16-10-11-16/h2-4,6-9,14,16H,5,10-13,15H2,1H3,(H,23,26). The van der Waals surface area contributed by atoms with Crippen molar-refractivity contribution in [2.75, 3.05) is 13.7 Å². The number of nitrogens with zero attached hydrogens (tertiary/aromatic N) is 2. The fourth-order valence-electron chi connectivity index (χ4n) is 3.27. The molecule has 28 heavy (non-hydrogen) atoms. The van der Waals surface area contributed by atoms with Gasteiger partial charge in [0, 0.05) is 18.5 Å². The van der Waals surface area contributed by atoms with Crippen molar-refractivity contribution in [2.45, 2.75) is 32.4 Å². The Morgan fingerprint density at radius 1 is 1.18 bits per heavy atom. The average Bonchev–Trinajstić information content (AvgIpc) is 3.52. The predicted molar refractivity (Wildman–Crippen MR) is 107 cm³/mol. The predicted octanol–water partition coefficient (Wildman–Crippen LogP) is 3.54. The second kappa shape index (κ2) is 8.33. The van der Waals surface area contributed by atoms with Gasteiger partial charge in [-0.2, -0.15) is 0 Å². The number of ether oxygens (including phenoxy) is 2. The van der Waals surface area contributed by atoms with E-state index in [1.54, 1.807) is 7.11 Å². The van der Waals surface area contributed by atoms with Gasteiger partial charge in [-0.15, -0.1) is 0 Å². The Morgan fingerprint density at radius 3 is 2.82 bits per heavy atom. The van der Waals surface area contributed by atoms with E-state index in [1.807, 2.05) is 42.5 Å². The van der Waals surface area contributed by atoms with Crippen molar-refractivity contribution < 1.29 is 14.3 Å². The lowest BCUT2D eigenvalue weighted by Gasteiger charge is -2.11. The monoisotopic (exact) mass is 379 g/mol. The smallest absolute Gasteiger partial charge is 0.223 e. The fourth-order valence-corrected chi connectivity index (χ4v) is 3.27. The number of carbonyl (C=O) groups is 1. The quantitative estimate of drug-likeness (QED) is 0.578. The van der Waals surface area contributed by atoms with Crippen LogP contribution in [0, 0.1) is 5.92 Å². The molecule has 0 bridgehead atoms. The van der Waals surface area contributed by atoms with Gasteiger partial charge in [-0.25, -0.2) is 4.98 Å². The number of aryl methyl sites for hydroxylation is 1. The van der Waals surface area contributed by atoms with Crippen molar-refractivity contribution >= 4 is 16.9 Å². The molecule has 1 aromatic heterocycles. The van der Waals surface area contributed by atoms with Crippen LogP contribution in [-0.2, 0) is 17.9 Å². The largest absolute Gasteiger partial charge is 0.497 e. The first-order valence-electron chi connectivity index (χ1n) is 9.73. The molecule has 1 amide bonds. The number of para-hydroxylation sites is 2. The number of hydrogen-bond acceptors (Lipinski definition) is 4. The molecule has 1 heterocycles. The van der Waals surface area contributed by atoms with Crippen LogP contribution in [0.4, 0.5) is 0 Å². The summed E-state index contributed by atoms with van der Waals surface area (Å²) in [6.45, 7) is 1.83. The van der Waals surface area contributed by atoms with Gasteiger partial charge < -0.3 is 19.4 Å². The molecule has 1 saturated carbocycles. The number of hydrogen-bond donors (Lipinski definition) is 1. The second-order valence-electron chi connectivity index (χ2n) is 7.04. The van der Waals surface area contributed by atoms with Gasteiger partial charge in [0.05, 0.1) is 31.3 Å². The van der Waals surface area contributed by atoms with Crippen LogP contribution >= 0.6 is 0 Å². The molecule has 146 valence electrons. The van der Waals surface area contributed by atoms with E-state index < -0.39 is 0 Å². The fraction of sp³-hybridized carbons (Fsp3) is 0.364. The summed E-state index contributed by atoms with van der Waals surface area (Å²) in [6, 6.07) is 15.7. The van der Waals surface area contributed by atoms with E-state index in [9.17, 15) is 4.79 Å². The Kier molecular flexibility index (Phi) is 5.46. The van der Waals surface area contributed by atoms with Crippen molar-refractivity contribution in [3.63, 3.8) is 0 Å². The Labute approximate surface area is 164 Å². The molecular weight excluding hydrogens is 354 g/mol. The zero-order chi connectivity index (χ0) is 19.3. The lowest BCUT2D eigenvalue weighted by Crippen LogP contribution is -2.26. The minimum atomic E-state index is 0.139. The van der Waals surface area contributed by atoms with Gasteiger partial charge in [-0.05, 0) is 43.5 Å². The highest BCUT2D eigenvalue weighted by atomic mass is 16.5. The van der Waals surface area contributed by atoms with Crippen molar-refractivity contribution in [1.82, 2.24) is 14.9 Å². The molecule has 0 unspecified atom stereocenters. The van der Waals surface area contributed by atoms with Gasteiger partial charge in [0.1, 0.15) is 17.3 Å². The summed E-state index contributed by atoms with van der Waals surface area (Å²) in [7, 11) is 1.65. The number of carbonyl (C=O) groups excluding carboxylic acids is 1. The van der Waals surface area contributed by atoms with Gasteiger partial charge in [0.15, 0.2) is 0 Å². The first-order valence-corrected chi connectivity index (χ1v) is 9.73. The van der Waals surface area contributed by atoms with Crippen LogP contribution in [0.5, 0.6) is 11.5 Å². The molecule has 3 aromatic rings. The first-order chi connectivity index (χ1) is 13.7. The molecule has 2 aromatic carbocycles. The molecule has 0 aliphatic heterocycles. The Bertz CT molecular complexity index is 963. The SMILES string of the molecule is COc1cccc(OCCCn2c(CNC(=O)C3CC3)nc3ccccc32)c1. The zero-order valence-electron chi connectivity index (χ0n) is 16.1. The number of benzene rings is 2. The minimum absolute atomic E-state index is 0.139. The highest BCUT2D eigenvalue weighted by Crippen LogP contribution is 2.29.